The zero-order chi connectivity index (χ0) is 15.1. The Hall–Kier alpha value is -2.62. The van der Waals surface area contributed by atoms with Crippen LogP contribution in [0.2, 0.25) is 0 Å². The molecular formula is C18H17N3O. The number of nitrogens with zero attached hydrogens (tertiary/aromatic N) is 3. The molecule has 22 heavy (non-hydrogen) atoms. The van der Waals surface area contributed by atoms with E-state index in [9.17, 15) is 4.79 Å². The van der Waals surface area contributed by atoms with Gasteiger partial charge in [-0.1, -0.05) is 31.2 Å². The van der Waals surface area contributed by atoms with E-state index >= 15 is 0 Å². The summed E-state index contributed by atoms with van der Waals surface area (Å²) >= 11 is 0. The fraction of sp³-hybridized carbons (Fsp3) is 0.222. The van der Waals surface area contributed by atoms with E-state index in [4.69, 9.17) is 0 Å². The van der Waals surface area contributed by atoms with E-state index in [1.54, 1.807) is 16.7 Å². The predicted octanol–water partition coefficient (Wildman–Crippen LogP) is 2.82. The highest BCUT2D eigenvalue weighted by Crippen LogP contribution is 2.36. The van der Waals surface area contributed by atoms with Gasteiger partial charge in [0.2, 0.25) is 0 Å². The molecule has 3 aromatic rings. The van der Waals surface area contributed by atoms with Crippen molar-refractivity contribution in [2.24, 2.45) is 0 Å². The van der Waals surface area contributed by atoms with Crippen LogP contribution in [0.25, 0.3) is 5.65 Å². The Morgan fingerprint density at radius 3 is 2.91 bits per heavy atom. The molecule has 1 unspecified atom stereocenters. The maximum absolute atomic E-state index is 12.2. The van der Waals surface area contributed by atoms with Gasteiger partial charge in [-0.15, -0.1) is 0 Å². The quantitative estimate of drug-likeness (QED) is 0.728. The molecule has 4 heteroatoms. The normalized spacial score (nSPS) is 17.0. The maximum Gasteiger partial charge on any atom is 0.258 e. The van der Waals surface area contributed by atoms with Crippen molar-refractivity contribution >= 4 is 11.3 Å². The van der Waals surface area contributed by atoms with Gasteiger partial charge in [-0.05, 0) is 23.8 Å². The molecule has 0 bridgehead atoms. The number of anilines is 1. The van der Waals surface area contributed by atoms with Crippen LogP contribution in [-0.2, 0) is 6.54 Å². The van der Waals surface area contributed by atoms with Crippen LogP contribution in [-0.4, -0.2) is 15.9 Å². The van der Waals surface area contributed by atoms with Crippen molar-refractivity contribution in [1.82, 2.24) is 9.38 Å². The summed E-state index contributed by atoms with van der Waals surface area (Å²) in [5.74, 6) is 0.512. The number of aromatic nitrogens is 2. The van der Waals surface area contributed by atoms with Gasteiger partial charge in [0.05, 0.1) is 12.2 Å². The van der Waals surface area contributed by atoms with Gasteiger partial charge in [0.25, 0.3) is 5.56 Å². The highest BCUT2D eigenvalue weighted by molar-refractivity contribution is 5.60. The van der Waals surface area contributed by atoms with E-state index in [-0.39, 0.29) is 5.56 Å². The van der Waals surface area contributed by atoms with E-state index in [2.05, 4.69) is 41.1 Å². The first-order chi connectivity index (χ1) is 10.7. The van der Waals surface area contributed by atoms with Crippen molar-refractivity contribution in [3.63, 3.8) is 0 Å². The molecule has 1 aromatic carbocycles. The van der Waals surface area contributed by atoms with E-state index < -0.39 is 0 Å². The van der Waals surface area contributed by atoms with Crippen LogP contribution in [0.15, 0.2) is 59.5 Å². The summed E-state index contributed by atoms with van der Waals surface area (Å²) in [4.78, 5) is 19.1. The third kappa shape index (κ3) is 2.08. The number of para-hydroxylation sites is 1. The van der Waals surface area contributed by atoms with Crippen LogP contribution in [0.4, 0.5) is 5.69 Å². The molecule has 4 nitrogen and oxygen atoms in total. The number of hydrogen-bond acceptors (Lipinski definition) is 3. The van der Waals surface area contributed by atoms with Gasteiger partial charge in [0.1, 0.15) is 5.65 Å². The second-order valence-electron chi connectivity index (χ2n) is 5.85. The van der Waals surface area contributed by atoms with E-state index in [1.807, 2.05) is 18.2 Å². The lowest BCUT2D eigenvalue weighted by atomic mass is 10.0. The standard InChI is InChI=1S/C18H17N3O/c1-13-11-20(16-7-3-2-6-15(13)16)12-14-10-18(22)21-9-5-4-8-17(21)19-14/h2-10,13H,11-12H2,1H3. The van der Waals surface area contributed by atoms with Crippen molar-refractivity contribution in [2.45, 2.75) is 19.4 Å². The molecule has 0 aliphatic carbocycles. The second kappa shape index (κ2) is 4.98. The Labute approximate surface area is 128 Å². The number of fused-ring (bicyclic) bond motifs is 2. The first-order valence-electron chi connectivity index (χ1n) is 7.53. The summed E-state index contributed by atoms with van der Waals surface area (Å²) in [6.07, 6.45) is 1.75. The van der Waals surface area contributed by atoms with Crippen LogP contribution >= 0.6 is 0 Å². The fourth-order valence-corrected chi connectivity index (χ4v) is 3.25. The van der Waals surface area contributed by atoms with Crippen molar-refractivity contribution < 1.29 is 0 Å². The van der Waals surface area contributed by atoms with Gasteiger partial charge < -0.3 is 4.90 Å². The fourth-order valence-electron chi connectivity index (χ4n) is 3.25. The Morgan fingerprint density at radius 1 is 1.18 bits per heavy atom. The van der Waals surface area contributed by atoms with Gasteiger partial charge in [-0.25, -0.2) is 4.98 Å². The molecule has 3 heterocycles. The Morgan fingerprint density at radius 2 is 2.00 bits per heavy atom. The van der Waals surface area contributed by atoms with Crippen molar-refractivity contribution in [1.29, 1.82) is 0 Å². The smallest absolute Gasteiger partial charge is 0.258 e. The zero-order valence-corrected chi connectivity index (χ0v) is 12.4. The Kier molecular flexibility index (Phi) is 2.96. The molecule has 0 saturated carbocycles. The molecular weight excluding hydrogens is 274 g/mol. The summed E-state index contributed by atoms with van der Waals surface area (Å²) < 4.78 is 1.57. The minimum atomic E-state index is -0.0267. The number of hydrogen-bond donors (Lipinski definition) is 0. The average Bonchev–Trinajstić information content (AvgIpc) is 2.84. The van der Waals surface area contributed by atoms with Crippen LogP contribution in [0, 0.1) is 0 Å². The lowest BCUT2D eigenvalue weighted by molar-refractivity contribution is 0.735. The minimum absolute atomic E-state index is 0.0267. The van der Waals surface area contributed by atoms with Crippen molar-refractivity contribution in [2.75, 3.05) is 11.4 Å². The number of rotatable bonds is 2. The SMILES string of the molecule is CC1CN(Cc2cc(=O)n3ccccc3n2)c2ccccc21. The molecule has 4 rings (SSSR count). The summed E-state index contributed by atoms with van der Waals surface area (Å²) in [5.41, 5.74) is 4.12. The predicted molar refractivity (Wildman–Crippen MR) is 87.4 cm³/mol. The van der Waals surface area contributed by atoms with Crippen LogP contribution < -0.4 is 10.5 Å². The van der Waals surface area contributed by atoms with E-state index in [0.717, 1.165) is 12.2 Å². The lowest BCUT2D eigenvalue weighted by Gasteiger charge is -2.19. The van der Waals surface area contributed by atoms with E-state index in [1.165, 1.54) is 11.3 Å². The van der Waals surface area contributed by atoms with Crippen LogP contribution in [0.3, 0.4) is 0 Å². The molecule has 0 saturated heterocycles. The van der Waals surface area contributed by atoms with Crippen LogP contribution in [0.5, 0.6) is 0 Å². The molecule has 2 aromatic heterocycles. The summed E-state index contributed by atoms with van der Waals surface area (Å²) in [5, 5.41) is 0. The largest absolute Gasteiger partial charge is 0.365 e. The zero-order valence-electron chi connectivity index (χ0n) is 12.4. The Balaban J connectivity index is 1.72. The Bertz CT molecular complexity index is 900. The molecule has 1 aliphatic heterocycles. The van der Waals surface area contributed by atoms with Gasteiger partial charge in [-0.2, -0.15) is 0 Å². The molecule has 0 radical (unpaired) electrons. The molecule has 0 amide bonds. The van der Waals surface area contributed by atoms with Gasteiger partial charge in [0, 0.05) is 30.4 Å². The maximum atomic E-state index is 12.2. The first kappa shape index (κ1) is 13.1. The van der Waals surface area contributed by atoms with Crippen molar-refractivity contribution in [3.8, 4) is 0 Å². The minimum Gasteiger partial charge on any atom is -0.365 e. The number of pyridine rings is 1. The molecule has 0 fully saturated rings. The highest BCUT2D eigenvalue weighted by atomic mass is 16.1. The summed E-state index contributed by atoms with van der Waals surface area (Å²) in [6, 6.07) is 15.7. The van der Waals surface area contributed by atoms with Gasteiger partial charge in [-0.3, -0.25) is 9.20 Å². The average molecular weight is 291 g/mol. The van der Waals surface area contributed by atoms with Crippen molar-refractivity contribution in [3.05, 3.63) is 76.3 Å². The van der Waals surface area contributed by atoms with Gasteiger partial charge >= 0.3 is 0 Å². The number of benzene rings is 1. The monoisotopic (exact) mass is 291 g/mol. The molecule has 1 atom stereocenters. The summed E-state index contributed by atoms with van der Waals surface area (Å²) in [6.45, 7) is 3.87. The molecule has 1 aliphatic rings. The topological polar surface area (TPSA) is 37.6 Å². The second-order valence-corrected chi connectivity index (χ2v) is 5.85. The lowest BCUT2D eigenvalue weighted by Crippen LogP contribution is -2.24. The molecule has 0 N–H and O–H groups in total. The van der Waals surface area contributed by atoms with E-state index in [0.29, 0.717) is 18.1 Å². The molecule has 110 valence electrons. The third-order valence-corrected chi connectivity index (χ3v) is 4.28. The van der Waals surface area contributed by atoms with Gasteiger partial charge in [0.15, 0.2) is 0 Å². The first-order valence-corrected chi connectivity index (χ1v) is 7.53. The molecule has 0 spiro atoms. The highest BCUT2D eigenvalue weighted by Gasteiger charge is 2.25. The summed E-state index contributed by atoms with van der Waals surface area (Å²) in [7, 11) is 0. The van der Waals surface area contributed by atoms with Crippen LogP contribution in [0.1, 0.15) is 24.1 Å². The third-order valence-electron chi connectivity index (χ3n) is 4.28.